The van der Waals surface area contributed by atoms with Gasteiger partial charge in [0.15, 0.2) is 17.2 Å². The van der Waals surface area contributed by atoms with Crippen molar-refractivity contribution in [3.8, 4) is 17.3 Å². The highest BCUT2D eigenvalue weighted by Crippen LogP contribution is 2.32. The van der Waals surface area contributed by atoms with E-state index in [4.69, 9.17) is 16.3 Å². The third kappa shape index (κ3) is 4.93. The van der Waals surface area contributed by atoms with Crippen molar-refractivity contribution in [3.05, 3.63) is 69.1 Å². The summed E-state index contributed by atoms with van der Waals surface area (Å²) >= 11 is 5.90. The molecule has 2 saturated heterocycles. The van der Waals surface area contributed by atoms with Gasteiger partial charge in [0.2, 0.25) is 5.75 Å². The number of benzene rings is 1. The molecule has 2 amide bonds. The number of rotatable bonds is 5. The number of aromatic hydroxyl groups is 1. The zero-order valence-corrected chi connectivity index (χ0v) is 23.0. The highest BCUT2D eigenvalue weighted by Gasteiger charge is 2.31. The molecule has 0 unspecified atom stereocenters. The molecule has 6 rings (SSSR count). The molecule has 2 fully saturated rings. The molecule has 14 heteroatoms. The number of carbonyl (C=O) groups is 1. The van der Waals surface area contributed by atoms with E-state index in [0.29, 0.717) is 57.2 Å². The topological polar surface area (TPSA) is 119 Å². The molecule has 210 valence electrons. The molecule has 0 saturated carbocycles. The standard InChI is InChI=1S/C26H25ClFN7O4.ClH/c1-32-4-5-34(26(32)38)20-12-17(33-6-8-39-9-7-33)14-35-24(20)31-21(22(36)25(35)37)23-29-13-16(30-23)10-15-2-3-19(28)18(27)11-15;/h2-3,11-14,36H,4-10H2,1H3,(H,29,30);1H. The number of urea groups is 1. The lowest BCUT2D eigenvalue weighted by molar-refractivity contribution is 0.122. The SMILES string of the molecule is CN1CCN(c2cc(N3CCOCC3)cn3c(=O)c(O)c(-c4ncc(Cc5ccc(F)c(Cl)c5)[nH]4)nc23)C1=O.Cl. The number of halogens is 3. The van der Waals surface area contributed by atoms with Crippen LogP contribution in [-0.4, -0.2) is 81.8 Å². The third-order valence-electron chi connectivity index (χ3n) is 6.98. The first-order chi connectivity index (χ1) is 18.8. The number of anilines is 2. The van der Waals surface area contributed by atoms with Crippen molar-refractivity contribution < 1.29 is 19.0 Å². The van der Waals surface area contributed by atoms with Gasteiger partial charge in [0.05, 0.1) is 29.6 Å². The lowest BCUT2D eigenvalue weighted by Gasteiger charge is -2.30. The molecule has 5 heterocycles. The Morgan fingerprint density at radius 1 is 1.15 bits per heavy atom. The number of hydrogen-bond acceptors (Lipinski definition) is 7. The van der Waals surface area contributed by atoms with Gasteiger partial charge in [-0.1, -0.05) is 17.7 Å². The van der Waals surface area contributed by atoms with Gasteiger partial charge in [-0.25, -0.2) is 19.2 Å². The van der Waals surface area contributed by atoms with Crippen LogP contribution in [0.1, 0.15) is 11.3 Å². The quantitative estimate of drug-likeness (QED) is 0.366. The molecule has 40 heavy (non-hydrogen) atoms. The van der Waals surface area contributed by atoms with E-state index in [1.807, 2.05) is 6.07 Å². The first kappa shape index (κ1) is 27.7. The molecule has 0 bridgehead atoms. The molecule has 0 radical (unpaired) electrons. The van der Waals surface area contributed by atoms with Crippen molar-refractivity contribution in [3.63, 3.8) is 0 Å². The lowest BCUT2D eigenvalue weighted by Crippen LogP contribution is -2.37. The second kappa shape index (κ2) is 11.0. The number of H-pyrrole nitrogens is 1. The van der Waals surface area contributed by atoms with Crippen molar-refractivity contribution in [1.82, 2.24) is 24.3 Å². The van der Waals surface area contributed by atoms with Crippen LogP contribution in [0.5, 0.6) is 5.75 Å². The fourth-order valence-electron chi connectivity index (χ4n) is 4.87. The molecule has 1 aromatic carbocycles. The summed E-state index contributed by atoms with van der Waals surface area (Å²) in [6.07, 6.45) is 3.54. The van der Waals surface area contributed by atoms with Gasteiger partial charge < -0.3 is 24.6 Å². The Labute approximate surface area is 239 Å². The largest absolute Gasteiger partial charge is 0.501 e. The molecule has 2 aliphatic rings. The van der Waals surface area contributed by atoms with Crippen molar-refractivity contribution in [1.29, 1.82) is 0 Å². The van der Waals surface area contributed by atoms with Gasteiger partial charge in [-0.05, 0) is 23.8 Å². The summed E-state index contributed by atoms with van der Waals surface area (Å²) < 4.78 is 20.3. The molecular weight excluding hydrogens is 564 g/mol. The van der Waals surface area contributed by atoms with Crippen molar-refractivity contribution in [2.45, 2.75) is 6.42 Å². The van der Waals surface area contributed by atoms with Crippen LogP contribution < -0.4 is 15.4 Å². The van der Waals surface area contributed by atoms with E-state index in [2.05, 4.69) is 19.9 Å². The van der Waals surface area contributed by atoms with E-state index < -0.39 is 17.1 Å². The number of likely N-dealkylation sites (N-methyl/N-ethyl adjacent to an activating group) is 1. The van der Waals surface area contributed by atoms with E-state index in [1.165, 1.54) is 16.5 Å². The van der Waals surface area contributed by atoms with Crippen molar-refractivity contribution in [2.24, 2.45) is 0 Å². The number of amides is 2. The molecule has 0 spiro atoms. The zero-order chi connectivity index (χ0) is 27.3. The van der Waals surface area contributed by atoms with E-state index in [9.17, 15) is 19.1 Å². The summed E-state index contributed by atoms with van der Waals surface area (Å²) in [6, 6.07) is 6.06. The number of nitrogens with zero attached hydrogens (tertiary/aromatic N) is 6. The number of imidazole rings is 1. The number of nitrogens with one attached hydrogen (secondary N) is 1. The second-order valence-corrected chi connectivity index (χ2v) is 9.94. The second-order valence-electron chi connectivity index (χ2n) is 9.53. The Morgan fingerprint density at radius 3 is 2.62 bits per heavy atom. The first-order valence-electron chi connectivity index (χ1n) is 12.4. The van der Waals surface area contributed by atoms with Crippen molar-refractivity contribution >= 4 is 47.1 Å². The van der Waals surface area contributed by atoms with Gasteiger partial charge in [0.1, 0.15) is 5.82 Å². The lowest BCUT2D eigenvalue weighted by atomic mass is 10.1. The van der Waals surface area contributed by atoms with Crippen LogP contribution in [0.15, 0.2) is 41.5 Å². The maximum absolute atomic E-state index is 13.5. The Bertz CT molecular complexity index is 1650. The summed E-state index contributed by atoms with van der Waals surface area (Å²) in [5, 5.41) is 10.9. The van der Waals surface area contributed by atoms with Gasteiger partial charge in [0, 0.05) is 57.7 Å². The fourth-order valence-corrected chi connectivity index (χ4v) is 5.07. The average Bonchev–Trinajstić information content (AvgIpc) is 3.54. The molecule has 0 aliphatic carbocycles. The Kier molecular flexibility index (Phi) is 7.58. The van der Waals surface area contributed by atoms with Crippen LogP contribution in [0.25, 0.3) is 17.2 Å². The monoisotopic (exact) mass is 589 g/mol. The normalized spacial score (nSPS) is 15.7. The first-order valence-corrected chi connectivity index (χ1v) is 12.8. The molecule has 4 aromatic rings. The van der Waals surface area contributed by atoms with E-state index >= 15 is 0 Å². The van der Waals surface area contributed by atoms with Crippen LogP contribution in [-0.2, 0) is 11.2 Å². The maximum Gasteiger partial charge on any atom is 0.324 e. The highest BCUT2D eigenvalue weighted by molar-refractivity contribution is 6.30. The Hall–Kier alpha value is -3.87. The predicted molar refractivity (Wildman–Crippen MR) is 151 cm³/mol. The zero-order valence-electron chi connectivity index (χ0n) is 21.4. The number of carbonyl (C=O) groups excluding carboxylic acids is 1. The summed E-state index contributed by atoms with van der Waals surface area (Å²) in [7, 11) is 1.71. The summed E-state index contributed by atoms with van der Waals surface area (Å²) in [4.78, 5) is 43.7. The fraction of sp³-hybridized carbons (Fsp3) is 0.308. The predicted octanol–water partition coefficient (Wildman–Crippen LogP) is 3.30. The number of ether oxygens (including phenoxy) is 1. The molecule has 3 aromatic heterocycles. The van der Waals surface area contributed by atoms with E-state index in [0.717, 1.165) is 11.3 Å². The average molecular weight is 590 g/mol. The van der Waals surface area contributed by atoms with E-state index in [-0.39, 0.29) is 40.6 Å². The molecular formula is C26H26Cl2FN7O4. The van der Waals surface area contributed by atoms with Crippen LogP contribution in [0.2, 0.25) is 5.02 Å². The number of hydrogen-bond donors (Lipinski definition) is 2. The van der Waals surface area contributed by atoms with Gasteiger partial charge in [0.25, 0.3) is 0 Å². The molecule has 11 nitrogen and oxygen atoms in total. The maximum atomic E-state index is 13.5. The number of morpholine rings is 1. The molecule has 2 N–H and O–H groups in total. The minimum atomic E-state index is -0.686. The summed E-state index contributed by atoms with van der Waals surface area (Å²) in [5.74, 6) is -0.900. The molecule has 2 aliphatic heterocycles. The summed E-state index contributed by atoms with van der Waals surface area (Å²) in [6.45, 7) is 3.28. The van der Waals surface area contributed by atoms with Crippen molar-refractivity contribution in [2.75, 3.05) is 56.2 Å². The summed E-state index contributed by atoms with van der Waals surface area (Å²) in [5.41, 5.74) is 2.07. The van der Waals surface area contributed by atoms with Crippen LogP contribution >= 0.6 is 24.0 Å². The smallest absolute Gasteiger partial charge is 0.324 e. The highest BCUT2D eigenvalue weighted by atomic mass is 35.5. The van der Waals surface area contributed by atoms with Gasteiger partial charge >= 0.3 is 11.6 Å². The number of aromatic nitrogens is 4. The van der Waals surface area contributed by atoms with Gasteiger partial charge in [-0.15, -0.1) is 12.4 Å². The Balaban J connectivity index is 0.00000323. The van der Waals surface area contributed by atoms with E-state index in [1.54, 1.807) is 35.3 Å². The van der Waals surface area contributed by atoms with Crippen LogP contribution in [0.3, 0.4) is 0 Å². The number of fused-ring (bicyclic) bond motifs is 1. The van der Waals surface area contributed by atoms with Gasteiger partial charge in [-0.3, -0.25) is 14.1 Å². The number of pyridine rings is 1. The molecule has 0 atom stereocenters. The third-order valence-corrected chi connectivity index (χ3v) is 7.27. The van der Waals surface area contributed by atoms with Crippen LogP contribution in [0, 0.1) is 5.82 Å². The number of aromatic amines is 1. The van der Waals surface area contributed by atoms with Crippen LogP contribution in [0.4, 0.5) is 20.6 Å². The van der Waals surface area contributed by atoms with Gasteiger partial charge in [-0.2, -0.15) is 0 Å². The Morgan fingerprint density at radius 2 is 1.93 bits per heavy atom. The minimum Gasteiger partial charge on any atom is -0.501 e. The minimum absolute atomic E-state index is 0.